The number of carboxylic acids is 2. The van der Waals surface area contributed by atoms with Gasteiger partial charge in [0.1, 0.15) is 0 Å². The summed E-state index contributed by atoms with van der Waals surface area (Å²) in [6, 6.07) is 4.09. The maximum absolute atomic E-state index is 10.9. The van der Waals surface area contributed by atoms with Crippen molar-refractivity contribution < 1.29 is 19.8 Å². The molecule has 94 valence electrons. The summed E-state index contributed by atoms with van der Waals surface area (Å²) in [5, 5.41) is 17.8. The molecule has 0 saturated heterocycles. The van der Waals surface area contributed by atoms with Crippen molar-refractivity contribution in [3.05, 3.63) is 34.9 Å². The van der Waals surface area contributed by atoms with Crippen molar-refractivity contribution in [1.29, 1.82) is 0 Å². The van der Waals surface area contributed by atoms with E-state index in [9.17, 15) is 9.59 Å². The van der Waals surface area contributed by atoms with Crippen LogP contribution in [0.4, 0.5) is 0 Å². The maximum atomic E-state index is 10.9. The van der Waals surface area contributed by atoms with Crippen LogP contribution < -0.4 is 0 Å². The molecule has 0 spiro atoms. The van der Waals surface area contributed by atoms with E-state index in [4.69, 9.17) is 10.2 Å². The highest BCUT2D eigenvalue weighted by molar-refractivity contribution is 6.01. The predicted octanol–water partition coefficient (Wildman–Crippen LogP) is 2.62. The van der Waals surface area contributed by atoms with E-state index in [1.165, 1.54) is 18.2 Å². The zero-order valence-electron chi connectivity index (χ0n) is 10.1. The highest BCUT2D eigenvalue weighted by Crippen LogP contribution is 2.12. The number of hydrogen-bond donors (Lipinski definition) is 2. The van der Waals surface area contributed by atoms with Crippen molar-refractivity contribution in [2.45, 2.75) is 26.2 Å². The van der Waals surface area contributed by atoms with Gasteiger partial charge in [-0.3, -0.25) is 0 Å². The van der Waals surface area contributed by atoms with Gasteiger partial charge in [-0.25, -0.2) is 9.59 Å². The lowest BCUT2D eigenvalue weighted by Crippen LogP contribution is -2.08. The number of hydrogen-bond acceptors (Lipinski definition) is 2. The molecule has 0 bridgehead atoms. The molecule has 0 unspecified atom stereocenters. The minimum absolute atomic E-state index is 0.221. The Kier molecular flexibility index (Phi) is 4.94. The van der Waals surface area contributed by atoms with Gasteiger partial charge in [-0.05, 0) is 24.6 Å². The summed E-state index contributed by atoms with van der Waals surface area (Å²) >= 11 is 0. The van der Waals surface area contributed by atoms with Crippen molar-refractivity contribution in [3.63, 3.8) is 0 Å². The van der Waals surface area contributed by atoms with Gasteiger partial charge >= 0.3 is 11.9 Å². The van der Waals surface area contributed by atoms with Crippen LogP contribution >= 0.6 is 0 Å². The van der Waals surface area contributed by atoms with Crippen molar-refractivity contribution in [1.82, 2.24) is 0 Å². The first kappa shape index (κ1) is 13.8. The second kappa shape index (κ2) is 6.45. The Morgan fingerprint density at radius 1 is 1.17 bits per heavy atom. The lowest BCUT2D eigenvalue weighted by molar-refractivity contribution is 0.0651. The Morgan fingerprint density at radius 3 is 2.39 bits per heavy atom. The smallest absolute Gasteiger partial charge is 0.336 e. The second-order valence-electron chi connectivity index (χ2n) is 3.78. The number of rotatable bonds is 4. The van der Waals surface area contributed by atoms with Crippen LogP contribution in [0, 0.1) is 11.8 Å². The van der Waals surface area contributed by atoms with Gasteiger partial charge in [-0.2, -0.15) is 0 Å². The molecule has 0 radical (unpaired) electrons. The van der Waals surface area contributed by atoms with Crippen LogP contribution in [-0.2, 0) is 0 Å². The van der Waals surface area contributed by atoms with Gasteiger partial charge < -0.3 is 10.2 Å². The molecule has 1 rings (SSSR count). The first-order valence-electron chi connectivity index (χ1n) is 5.65. The second-order valence-corrected chi connectivity index (χ2v) is 3.78. The van der Waals surface area contributed by atoms with Gasteiger partial charge in [0.05, 0.1) is 11.1 Å². The summed E-state index contributed by atoms with van der Waals surface area (Å²) in [5.74, 6) is 3.25. The number of carbonyl (C=O) groups is 2. The van der Waals surface area contributed by atoms with E-state index in [1.54, 1.807) is 0 Å². The fourth-order valence-corrected chi connectivity index (χ4v) is 1.42. The fraction of sp³-hybridized carbons (Fsp3) is 0.286. The predicted molar refractivity (Wildman–Crippen MR) is 66.8 cm³/mol. The molecular formula is C14H14O4. The Balaban J connectivity index is 3.03. The molecule has 0 aliphatic rings. The lowest BCUT2D eigenvalue weighted by Gasteiger charge is -2.01. The van der Waals surface area contributed by atoms with Crippen molar-refractivity contribution >= 4 is 11.9 Å². The Bertz CT molecular complexity index is 520. The molecule has 18 heavy (non-hydrogen) atoms. The van der Waals surface area contributed by atoms with Crippen LogP contribution in [0.2, 0.25) is 0 Å². The first-order chi connectivity index (χ1) is 8.56. The molecule has 0 saturated carbocycles. The number of unbranched alkanes of at least 4 members (excludes halogenated alkanes) is 2. The quantitative estimate of drug-likeness (QED) is 0.632. The molecule has 1 aromatic rings. The molecule has 0 fully saturated rings. The molecule has 0 aliphatic carbocycles. The van der Waals surface area contributed by atoms with Crippen molar-refractivity contribution in [3.8, 4) is 11.8 Å². The summed E-state index contributed by atoms with van der Waals surface area (Å²) in [4.78, 5) is 21.8. The first-order valence-corrected chi connectivity index (χ1v) is 5.65. The normalized spacial score (nSPS) is 9.39. The third kappa shape index (κ3) is 3.63. The largest absolute Gasteiger partial charge is 0.478 e. The van der Waals surface area contributed by atoms with Crippen LogP contribution in [0.15, 0.2) is 18.2 Å². The van der Waals surface area contributed by atoms with Crippen LogP contribution in [0.3, 0.4) is 0 Å². The van der Waals surface area contributed by atoms with Gasteiger partial charge in [0.15, 0.2) is 0 Å². The topological polar surface area (TPSA) is 74.6 Å². The lowest BCUT2D eigenvalue weighted by atomic mass is 10.0. The van der Waals surface area contributed by atoms with Crippen LogP contribution in [0.1, 0.15) is 52.5 Å². The van der Waals surface area contributed by atoms with E-state index in [0.29, 0.717) is 5.56 Å². The Labute approximate surface area is 105 Å². The van der Waals surface area contributed by atoms with Crippen molar-refractivity contribution in [2.24, 2.45) is 0 Å². The van der Waals surface area contributed by atoms with E-state index in [2.05, 4.69) is 18.8 Å². The highest BCUT2D eigenvalue weighted by atomic mass is 16.4. The van der Waals surface area contributed by atoms with Crippen LogP contribution in [-0.4, -0.2) is 22.2 Å². The van der Waals surface area contributed by atoms with Crippen LogP contribution in [0.5, 0.6) is 0 Å². The molecule has 2 N–H and O–H groups in total. The minimum atomic E-state index is -1.26. The summed E-state index contributed by atoms with van der Waals surface area (Å²) in [6.45, 7) is 2.06. The third-order valence-corrected chi connectivity index (χ3v) is 2.37. The molecular weight excluding hydrogens is 232 g/mol. The summed E-state index contributed by atoms with van der Waals surface area (Å²) in [5.41, 5.74) is 0.0694. The zero-order chi connectivity index (χ0) is 13.5. The van der Waals surface area contributed by atoms with Gasteiger partial charge in [-0.15, -0.1) is 0 Å². The third-order valence-electron chi connectivity index (χ3n) is 2.37. The van der Waals surface area contributed by atoms with E-state index in [1.807, 2.05) is 0 Å². The summed E-state index contributed by atoms with van der Waals surface area (Å²) in [6.07, 6.45) is 2.79. The van der Waals surface area contributed by atoms with E-state index in [-0.39, 0.29) is 11.1 Å². The average Bonchev–Trinajstić information content (AvgIpc) is 2.34. The number of carboxylic acid groups (broad SMARTS) is 2. The van der Waals surface area contributed by atoms with Gasteiger partial charge in [0, 0.05) is 12.0 Å². The van der Waals surface area contributed by atoms with Crippen molar-refractivity contribution in [2.75, 3.05) is 0 Å². The van der Waals surface area contributed by atoms with E-state index < -0.39 is 11.9 Å². The fourth-order valence-electron chi connectivity index (χ4n) is 1.42. The summed E-state index contributed by atoms with van der Waals surface area (Å²) in [7, 11) is 0. The van der Waals surface area contributed by atoms with Gasteiger partial charge in [0.2, 0.25) is 0 Å². The maximum Gasteiger partial charge on any atom is 0.336 e. The average molecular weight is 246 g/mol. The van der Waals surface area contributed by atoms with Gasteiger partial charge in [0.25, 0.3) is 0 Å². The Morgan fingerprint density at radius 2 is 1.83 bits per heavy atom. The number of benzene rings is 1. The standard InChI is InChI=1S/C14H14O4/c1-2-3-4-5-6-10-7-8-11(13(15)16)12(9-10)14(17)18/h7-9H,2-4H2,1H3,(H,15,16)(H,17,18). The molecule has 1 aromatic carbocycles. The highest BCUT2D eigenvalue weighted by Gasteiger charge is 2.15. The molecule has 4 nitrogen and oxygen atoms in total. The van der Waals surface area contributed by atoms with Gasteiger partial charge in [-0.1, -0.05) is 25.2 Å². The Hall–Kier alpha value is -2.28. The molecule has 4 heteroatoms. The molecule has 0 aliphatic heterocycles. The summed E-state index contributed by atoms with van der Waals surface area (Å²) < 4.78 is 0. The minimum Gasteiger partial charge on any atom is -0.478 e. The van der Waals surface area contributed by atoms with E-state index in [0.717, 1.165) is 19.3 Å². The monoisotopic (exact) mass is 246 g/mol. The molecule has 0 aromatic heterocycles. The van der Waals surface area contributed by atoms with Crippen LogP contribution in [0.25, 0.3) is 0 Å². The zero-order valence-corrected chi connectivity index (χ0v) is 10.1. The SMILES string of the molecule is CCCCC#Cc1ccc(C(=O)O)c(C(=O)O)c1. The molecule has 0 amide bonds. The van der Waals surface area contributed by atoms with E-state index >= 15 is 0 Å². The number of aromatic carboxylic acids is 2. The molecule has 0 heterocycles. The molecule has 0 atom stereocenters.